The smallest absolute Gasteiger partial charge is 0.241 e. The Morgan fingerprint density at radius 2 is 2.30 bits per heavy atom. The minimum Gasteiger partial charge on any atom is -0.324 e. The fourth-order valence-corrected chi connectivity index (χ4v) is 2.48. The van der Waals surface area contributed by atoms with Crippen molar-refractivity contribution in [1.29, 1.82) is 0 Å². The zero-order valence-corrected chi connectivity index (χ0v) is 11.2. The highest BCUT2D eigenvalue weighted by Crippen LogP contribution is 2.17. The highest BCUT2D eigenvalue weighted by Gasteiger charge is 2.22. The fraction of sp³-hybridized carbons (Fsp3) is 0.333. The number of rotatable bonds is 4. The monoisotopic (exact) mass is 270 g/mol. The largest absolute Gasteiger partial charge is 0.324 e. The van der Waals surface area contributed by atoms with Crippen LogP contribution in [0.25, 0.3) is 0 Å². The van der Waals surface area contributed by atoms with Crippen molar-refractivity contribution in [1.82, 2.24) is 15.1 Å². The Morgan fingerprint density at radius 1 is 1.40 bits per heavy atom. The van der Waals surface area contributed by atoms with E-state index in [4.69, 9.17) is 0 Å². The van der Waals surface area contributed by atoms with Gasteiger partial charge in [0.2, 0.25) is 5.91 Å². The van der Waals surface area contributed by atoms with Crippen molar-refractivity contribution in [3.8, 4) is 0 Å². The van der Waals surface area contributed by atoms with Crippen LogP contribution >= 0.6 is 0 Å². The van der Waals surface area contributed by atoms with Gasteiger partial charge < -0.3 is 10.6 Å². The number of nitrogens with one attached hydrogen (secondary N) is 2. The zero-order valence-electron chi connectivity index (χ0n) is 11.2. The van der Waals surface area contributed by atoms with E-state index in [1.807, 2.05) is 41.2 Å². The van der Waals surface area contributed by atoms with Gasteiger partial charge >= 0.3 is 0 Å². The predicted molar refractivity (Wildman–Crippen MR) is 77.4 cm³/mol. The first-order valence-electron chi connectivity index (χ1n) is 6.92. The summed E-state index contributed by atoms with van der Waals surface area (Å²) in [6.07, 6.45) is 5.64. The summed E-state index contributed by atoms with van der Waals surface area (Å²) in [7, 11) is 0. The van der Waals surface area contributed by atoms with Gasteiger partial charge in [-0.1, -0.05) is 18.2 Å². The van der Waals surface area contributed by atoms with Crippen LogP contribution in [0.15, 0.2) is 42.7 Å². The van der Waals surface area contributed by atoms with Crippen LogP contribution in [-0.2, 0) is 11.3 Å². The van der Waals surface area contributed by atoms with Crippen LogP contribution in [0, 0.1) is 0 Å². The molecule has 2 N–H and O–H groups in total. The molecule has 0 unspecified atom stereocenters. The maximum Gasteiger partial charge on any atom is 0.241 e. The lowest BCUT2D eigenvalue weighted by Crippen LogP contribution is -2.35. The quantitative estimate of drug-likeness (QED) is 0.887. The lowest BCUT2D eigenvalue weighted by molar-refractivity contribution is -0.117. The second-order valence-corrected chi connectivity index (χ2v) is 5.00. The van der Waals surface area contributed by atoms with Crippen molar-refractivity contribution in [3.05, 3.63) is 48.3 Å². The van der Waals surface area contributed by atoms with E-state index in [9.17, 15) is 4.79 Å². The number of carbonyl (C=O) groups is 1. The first kappa shape index (κ1) is 12.9. The molecule has 0 bridgehead atoms. The highest BCUT2D eigenvalue weighted by molar-refractivity contribution is 5.95. The third-order valence-corrected chi connectivity index (χ3v) is 3.54. The van der Waals surface area contributed by atoms with E-state index in [2.05, 4.69) is 15.7 Å². The van der Waals surface area contributed by atoms with Crippen molar-refractivity contribution in [3.63, 3.8) is 0 Å². The van der Waals surface area contributed by atoms with Crippen LogP contribution in [0.1, 0.15) is 18.4 Å². The summed E-state index contributed by atoms with van der Waals surface area (Å²) in [5, 5.41) is 10.4. The van der Waals surface area contributed by atoms with E-state index >= 15 is 0 Å². The average Bonchev–Trinajstić information content (AvgIpc) is 3.13. The number of hydrogen-bond donors (Lipinski definition) is 2. The lowest BCUT2D eigenvalue weighted by atomic mass is 10.1. The molecule has 1 aliphatic rings. The summed E-state index contributed by atoms with van der Waals surface area (Å²) in [4.78, 5) is 12.2. The standard InChI is InChI=1S/C15H18N4O/c20-15(14-7-3-8-16-14)18-13-6-2-1-5-12(13)11-19-10-4-9-17-19/h1-2,4-6,9-10,14,16H,3,7-8,11H2,(H,18,20)/t14-/m1/s1. The predicted octanol–water partition coefficient (Wildman–Crippen LogP) is 1.62. The van der Waals surface area contributed by atoms with Crippen LogP contribution in [0.3, 0.4) is 0 Å². The number of hydrogen-bond acceptors (Lipinski definition) is 3. The van der Waals surface area contributed by atoms with Crippen molar-refractivity contribution < 1.29 is 4.79 Å². The van der Waals surface area contributed by atoms with Gasteiger partial charge in [0.05, 0.1) is 12.6 Å². The Morgan fingerprint density at radius 3 is 3.05 bits per heavy atom. The SMILES string of the molecule is O=C(Nc1ccccc1Cn1cccn1)[C@H]1CCCN1. The van der Waals surface area contributed by atoms with Crippen LogP contribution in [0.4, 0.5) is 5.69 Å². The summed E-state index contributed by atoms with van der Waals surface area (Å²) in [6, 6.07) is 9.69. The molecule has 1 atom stereocenters. The van der Waals surface area contributed by atoms with Crippen molar-refractivity contribution in [2.75, 3.05) is 11.9 Å². The molecule has 1 aromatic carbocycles. The topological polar surface area (TPSA) is 59.0 Å². The maximum absolute atomic E-state index is 12.2. The van der Waals surface area contributed by atoms with E-state index < -0.39 is 0 Å². The molecule has 5 heteroatoms. The fourth-order valence-electron chi connectivity index (χ4n) is 2.48. The molecule has 1 saturated heterocycles. The molecule has 1 amide bonds. The molecular weight excluding hydrogens is 252 g/mol. The minimum atomic E-state index is -0.0623. The van der Waals surface area contributed by atoms with Crippen LogP contribution < -0.4 is 10.6 Å². The Kier molecular flexibility index (Phi) is 3.78. The number of nitrogens with zero attached hydrogens (tertiary/aromatic N) is 2. The molecule has 2 aromatic rings. The first-order valence-corrected chi connectivity index (χ1v) is 6.92. The number of benzene rings is 1. The third-order valence-electron chi connectivity index (χ3n) is 3.54. The Labute approximate surface area is 118 Å². The van der Waals surface area contributed by atoms with Crippen molar-refractivity contribution >= 4 is 11.6 Å². The van der Waals surface area contributed by atoms with Crippen LogP contribution in [-0.4, -0.2) is 28.3 Å². The number of anilines is 1. The molecule has 0 aliphatic carbocycles. The van der Waals surface area contributed by atoms with Gasteiger partial charge in [-0.2, -0.15) is 5.10 Å². The van der Waals surface area contributed by atoms with E-state index in [-0.39, 0.29) is 11.9 Å². The third kappa shape index (κ3) is 2.88. The van der Waals surface area contributed by atoms with Gasteiger partial charge in [-0.05, 0) is 37.1 Å². The molecule has 1 fully saturated rings. The number of carbonyl (C=O) groups excluding carboxylic acids is 1. The summed E-state index contributed by atoms with van der Waals surface area (Å²) in [5.41, 5.74) is 1.92. The van der Waals surface area contributed by atoms with E-state index in [1.54, 1.807) is 6.20 Å². The zero-order chi connectivity index (χ0) is 13.8. The second kappa shape index (κ2) is 5.88. The normalized spacial score (nSPS) is 18.1. The molecular formula is C15H18N4O. The van der Waals surface area contributed by atoms with E-state index in [1.165, 1.54) is 0 Å². The van der Waals surface area contributed by atoms with Gasteiger partial charge in [0.1, 0.15) is 0 Å². The van der Waals surface area contributed by atoms with Crippen molar-refractivity contribution in [2.24, 2.45) is 0 Å². The van der Waals surface area contributed by atoms with Gasteiger partial charge in [-0.25, -0.2) is 0 Å². The number of para-hydroxylation sites is 1. The van der Waals surface area contributed by atoms with E-state index in [0.717, 1.165) is 30.6 Å². The molecule has 1 aromatic heterocycles. The number of aromatic nitrogens is 2. The molecule has 0 spiro atoms. The molecule has 0 saturated carbocycles. The molecule has 0 radical (unpaired) electrons. The Balaban J connectivity index is 1.73. The van der Waals surface area contributed by atoms with E-state index in [0.29, 0.717) is 6.54 Å². The van der Waals surface area contributed by atoms with Crippen LogP contribution in [0.5, 0.6) is 0 Å². The summed E-state index contributed by atoms with van der Waals surface area (Å²) in [6.45, 7) is 1.58. The minimum absolute atomic E-state index is 0.0513. The molecule has 1 aliphatic heterocycles. The molecule has 104 valence electrons. The first-order chi connectivity index (χ1) is 9.83. The molecule has 3 rings (SSSR count). The van der Waals surface area contributed by atoms with Gasteiger partial charge in [-0.15, -0.1) is 0 Å². The molecule has 20 heavy (non-hydrogen) atoms. The number of amides is 1. The molecule has 5 nitrogen and oxygen atoms in total. The second-order valence-electron chi connectivity index (χ2n) is 5.00. The summed E-state index contributed by atoms with van der Waals surface area (Å²) >= 11 is 0. The summed E-state index contributed by atoms with van der Waals surface area (Å²) < 4.78 is 1.85. The lowest BCUT2D eigenvalue weighted by Gasteiger charge is -2.14. The van der Waals surface area contributed by atoms with Gasteiger partial charge in [0.15, 0.2) is 0 Å². The van der Waals surface area contributed by atoms with Crippen LogP contribution in [0.2, 0.25) is 0 Å². The molecule has 2 heterocycles. The van der Waals surface area contributed by atoms with Crippen molar-refractivity contribution in [2.45, 2.75) is 25.4 Å². The van der Waals surface area contributed by atoms with Gasteiger partial charge in [0.25, 0.3) is 0 Å². The highest BCUT2D eigenvalue weighted by atomic mass is 16.2. The average molecular weight is 270 g/mol. The Hall–Kier alpha value is -2.14. The van der Waals surface area contributed by atoms with Gasteiger partial charge in [0, 0.05) is 18.1 Å². The Bertz CT molecular complexity index is 573. The van der Waals surface area contributed by atoms with Gasteiger partial charge in [-0.3, -0.25) is 9.48 Å². The summed E-state index contributed by atoms with van der Waals surface area (Å²) in [5.74, 6) is 0.0513. The maximum atomic E-state index is 12.2.